The lowest BCUT2D eigenvalue weighted by Gasteiger charge is -2.43. The Bertz CT molecular complexity index is 599. The lowest BCUT2D eigenvalue weighted by atomic mass is 10.0. The van der Waals surface area contributed by atoms with Crippen molar-refractivity contribution in [2.75, 3.05) is 70.5 Å². The predicted octanol–water partition coefficient (Wildman–Crippen LogP) is 2.60. The Hall–Kier alpha value is -1.44. The van der Waals surface area contributed by atoms with Crippen molar-refractivity contribution in [3.05, 3.63) is 23.8 Å². The number of rotatable bonds is 5. The van der Waals surface area contributed by atoms with Gasteiger partial charge in [0, 0.05) is 63.5 Å². The Morgan fingerprint density at radius 1 is 0.963 bits per heavy atom. The quantitative estimate of drug-likeness (QED) is 0.779. The average molecular weight is 383 g/mol. The Balaban J connectivity index is 1.56. The first-order chi connectivity index (χ1) is 12.8. The van der Waals surface area contributed by atoms with Gasteiger partial charge in [-0.2, -0.15) is 0 Å². The van der Waals surface area contributed by atoms with Gasteiger partial charge in [0.25, 0.3) is 0 Å². The highest BCUT2D eigenvalue weighted by Crippen LogP contribution is 2.30. The van der Waals surface area contributed by atoms with Crippen LogP contribution >= 0.6 is 0 Å². The summed E-state index contributed by atoms with van der Waals surface area (Å²) in [5, 5.41) is 0. The molecule has 27 heavy (non-hydrogen) atoms. The average Bonchev–Trinajstić information content (AvgIpc) is 2.62. The van der Waals surface area contributed by atoms with E-state index in [0.29, 0.717) is 19.7 Å². The number of hydrogen-bond donors (Lipinski definition) is 0. The summed E-state index contributed by atoms with van der Waals surface area (Å²) < 4.78 is 40.1. The van der Waals surface area contributed by atoms with E-state index < -0.39 is 11.6 Å². The van der Waals surface area contributed by atoms with Crippen molar-refractivity contribution in [2.45, 2.75) is 26.3 Å². The van der Waals surface area contributed by atoms with Crippen molar-refractivity contribution in [1.29, 1.82) is 0 Å². The van der Waals surface area contributed by atoms with Crippen molar-refractivity contribution in [3.8, 4) is 5.75 Å². The second-order valence-corrected chi connectivity index (χ2v) is 8.18. The molecule has 7 heteroatoms. The third-order valence-electron chi connectivity index (χ3n) is 5.31. The molecule has 0 atom stereocenters. The molecule has 1 aromatic carbocycles. The molecule has 0 aromatic heterocycles. The van der Waals surface area contributed by atoms with E-state index in [2.05, 4.69) is 30.6 Å². The Labute approximate surface area is 160 Å². The summed E-state index contributed by atoms with van der Waals surface area (Å²) in [6.07, 6.45) is 0. The highest BCUT2D eigenvalue weighted by Gasteiger charge is 2.28. The van der Waals surface area contributed by atoms with Gasteiger partial charge in [-0.25, -0.2) is 8.78 Å². The van der Waals surface area contributed by atoms with Gasteiger partial charge in [-0.1, -0.05) is 0 Å². The van der Waals surface area contributed by atoms with Crippen LogP contribution in [-0.2, 0) is 4.74 Å². The smallest absolute Gasteiger partial charge is 0.153 e. The molecule has 0 spiro atoms. The summed E-state index contributed by atoms with van der Waals surface area (Å²) >= 11 is 0. The zero-order valence-corrected chi connectivity index (χ0v) is 16.6. The van der Waals surface area contributed by atoms with E-state index in [1.807, 2.05) is 0 Å². The number of ether oxygens (including phenoxy) is 2. The van der Waals surface area contributed by atoms with Crippen LogP contribution in [-0.4, -0.2) is 81.0 Å². The van der Waals surface area contributed by atoms with E-state index in [1.165, 1.54) is 12.1 Å². The van der Waals surface area contributed by atoms with Crippen LogP contribution in [0.25, 0.3) is 0 Å². The van der Waals surface area contributed by atoms with E-state index in [4.69, 9.17) is 9.47 Å². The maximum Gasteiger partial charge on any atom is 0.153 e. The molecule has 5 nitrogen and oxygen atoms in total. The number of halogens is 2. The van der Waals surface area contributed by atoms with Gasteiger partial charge in [-0.3, -0.25) is 9.80 Å². The van der Waals surface area contributed by atoms with Crippen molar-refractivity contribution >= 4 is 5.69 Å². The third-order valence-corrected chi connectivity index (χ3v) is 5.31. The fourth-order valence-corrected chi connectivity index (χ4v) is 3.65. The van der Waals surface area contributed by atoms with Gasteiger partial charge in [-0.15, -0.1) is 0 Å². The van der Waals surface area contributed by atoms with Crippen LogP contribution in [0.1, 0.15) is 20.8 Å². The lowest BCUT2D eigenvalue weighted by molar-refractivity contribution is 0.0322. The van der Waals surface area contributed by atoms with Gasteiger partial charge >= 0.3 is 0 Å². The lowest BCUT2D eigenvalue weighted by Crippen LogP contribution is -2.53. The first-order valence-corrected chi connectivity index (χ1v) is 9.76. The molecule has 2 fully saturated rings. The Morgan fingerprint density at radius 2 is 1.56 bits per heavy atom. The van der Waals surface area contributed by atoms with Gasteiger partial charge in [-0.05, 0) is 20.8 Å². The van der Waals surface area contributed by atoms with E-state index in [9.17, 15) is 8.78 Å². The minimum Gasteiger partial charge on any atom is -0.492 e. The molecule has 152 valence electrons. The summed E-state index contributed by atoms with van der Waals surface area (Å²) in [5.41, 5.74) is 0.130. The molecule has 0 amide bonds. The molecule has 0 unspecified atom stereocenters. The molecule has 0 saturated carbocycles. The van der Waals surface area contributed by atoms with Crippen LogP contribution in [0.5, 0.6) is 5.75 Å². The van der Waals surface area contributed by atoms with E-state index in [0.717, 1.165) is 45.9 Å². The monoisotopic (exact) mass is 383 g/mol. The fourth-order valence-electron chi connectivity index (χ4n) is 3.65. The molecule has 3 rings (SSSR count). The number of morpholine rings is 1. The molecule has 0 N–H and O–H groups in total. The maximum absolute atomic E-state index is 14.6. The molecule has 1 aromatic rings. The van der Waals surface area contributed by atoms with Gasteiger partial charge in [0.1, 0.15) is 18.0 Å². The summed E-state index contributed by atoms with van der Waals surface area (Å²) in [6, 6.07) is 2.60. The summed E-state index contributed by atoms with van der Waals surface area (Å²) in [7, 11) is 0. The van der Waals surface area contributed by atoms with Crippen LogP contribution in [0.4, 0.5) is 14.5 Å². The summed E-state index contributed by atoms with van der Waals surface area (Å²) in [6.45, 7) is 13.6. The summed E-state index contributed by atoms with van der Waals surface area (Å²) in [5.74, 6) is -0.864. The van der Waals surface area contributed by atoms with Crippen molar-refractivity contribution in [2.24, 2.45) is 0 Å². The van der Waals surface area contributed by atoms with Crippen molar-refractivity contribution in [1.82, 2.24) is 9.80 Å². The first-order valence-electron chi connectivity index (χ1n) is 9.76. The van der Waals surface area contributed by atoms with Crippen LogP contribution in [0.15, 0.2) is 12.1 Å². The maximum atomic E-state index is 14.6. The highest BCUT2D eigenvalue weighted by molar-refractivity contribution is 5.52. The van der Waals surface area contributed by atoms with Gasteiger partial charge in [0.15, 0.2) is 11.6 Å². The van der Waals surface area contributed by atoms with Crippen LogP contribution in [0.3, 0.4) is 0 Å². The van der Waals surface area contributed by atoms with E-state index in [-0.39, 0.29) is 17.0 Å². The molecule has 2 aliphatic rings. The Kier molecular flexibility index (Phi) is 6.55. The SMILES string of the molecule is CC(C)(C)N1CCN(c2c(F)cc(OCCN3CCOCC3)cc2F)CC1. The standard InChI is InChI=1S/C20H31F2N3O2/c1-20(2,3)25-6-4-24(5-7-25)19-17(21)14-16(15-18(19)22)27-13-10-23-8-11-26-12-9-23/h14-15H,4-13H2,1-3H3. The Morgan fingerprint density at radius 3 is 2.11 bits per heavy atom. The van der Waals surface area contributed by atoms with Gasteiger partial charge in [0.05, 0.1) is 13.2 Å². The van der Waals surface area contributed by atoms with Gasteiger partial charge in [0.2, 0.25) is 0 Å². The van der Waals surface area contributed by atoms with Gasteiger partial charge < -0.3 is 14.4 Å². The molecule has 2 aliphatic heterocycles. The molecule has 2 saturated heterocycles. The van der Waals surface area contributed by atoms with Crippen molar-refractivity contribution < 1.29 is 18.3 Å². The normalized spacial score (nSPS) is 20.1. The molecule has 0 bridgehead atoms. The topological polar surface area (TPSA) is 28.2 Å². The number of anilines is 1. The molecular weight excluding hydrogens is 352 g/mol. The molecule has 0 aliphatic carbocycles. The number of benzene rings is 1. The number of piperazine rings is 1. The fraction of sp³-hybridized carbons (Fsp3) is 0.700. The van der Waals surface area contributed by atoms with E-state index in [1.54, 1.807) is 4.90 Å². The van der Waals surface area contributed by atoms with E-state index >= 15 is 0 Å². The largest absolute Gasteiger partial charge is 0.492 e. The second-order valence-electron chi connectivity index (χ2n) is 8.18. The van der Waals surface area contributed by atoms with Crippen LogP contribution < -0.4 is 9.64 Å². The molecule has 0 radical (unpaired) electrons. The first kappa shape index (κ1) is 20.3. The van der Waals surface area contributed by atoms with Crippen molar-refractivity contribution in [3.63, 3.8) is 0 Å². The van der Waals surface area contributed by atoms with Crippen LogP contribution in [0.2, 0.25) is 0 Å². The highest BCUT2D eigenvalue weighted by atomic mass is 19.1. The minimum absolute atomic E-state index is 0.0593. The minimum atomic E-state index is -0.555. The summed E-state index contributed by atoms with van der Waals surface area (Å²) in [4.78, 5) is 6.35. The van der Waals surface area contributed by atoms with Crippen LogP contribution in [0, 0.1) is 11.6 Å². The zero-order valence-electron chi connectivity index (χ0n) is 16.6. The molecule has 2 heterocycles. The number of hydrogen-bond acceptors (Lipinski definition) is 5. The number of nitrogens with zero attached hydrogens (tertiary/aromatic N) is 3. The predicted molar refractivity (Wildman–Crippen MR) is 103 cm³/mol. The second kappa shape index (κ2) is 8.71. The third kappa shape index (κ3) is 5.30. The zero-order chi connectivity index (χ0) is 19.4. The molecular formula is C20H31F2N3O2.